The summed E-state index contributed by atoms with van der Waals surface area (Å²) in [5.74, 6) is 0.825. The number of hydrogen-bond donors (Lipinski definition) is 1. The molecule has 6 nitrogen and oxygen atoms in total. The Morgan fingerprint density at radius 3 is 2.39 bits per heavy atom. The summed E-state index contributed by atoms with van der Waals surface area (Å²) in [6.45, 7) is 5.98. The summed E-state index contributed by atoms with van der Waals surface area (Å²) in [5, 5.41) is 13.1. The first-order chi connectivity index (χ1) is 10.9. The van der Waals surface area contributed by atoms with Gasteiger partial charge in [0, 0.05) is 17.8 Å². The van der Waals surface area contributed by atoms with Crippen LogP contribution in [-0.2, 0) is 0 Å². The van der Waals surface area contributed by atoms with Gasteiger partial charge in [-0.15, -0.1) is 0 Å². The molecule has 0 radical (unpaired) electrons. The number of benzene rings is 2. The standard InChI is InChI=1S/C17H18N2O4/c1-11(2)13-5-4-12(3)16(10-13)23-17(20)18-14-6-8-15(9-7-14)19(21)22/h4-11H,1-3H3,(H,18,20). The number of amides is 1. The van der Waals surface area contributed by atoms with Crippen molar-refractivity contribution in [2.24, 2.45) is 0 Å². The van der Waals surface area contributed by atoms with Gasteiger partial charge in [-0.1, -0.05) is 26.0 Å². The van der Waals surface area contributed by atoms with E-state index in [-0.39, 0.29) is 5.69 Å². The average molecular weight is 314 g/mol. The van der Waals surface area contributed by atoms with Crippen LogP contribution in [0.3, 0.4) is 0 Å². The topological polar surface area (TPSA) is 81.5 Å². The lowest BCUT2D eigenvalue weighted by molar-refractivity contribution is -0.384. The Morgan fingerprint density at radius 1 is 1.17 bits per heavy atom. The van der Waals surface area contributed by atoms with Crippen LogP contribution < -0.4 is 10.1 Å². The SMILES string of the molecule is Cc1ccc(C(C)C)cc1OC(=O)Nc1ccc([N+](=O)[O-])cc1. The van der Waals surface area contributed by atoms with E-state index in [1.807, 2.05) is 25.1 Å². The Kier molecular flexibility index (Phi) is 4.95. The Bertz CT molecular complexity index is 724. The van der Waals surface area contributed by atoms with Crippen molar-refractivity contribution in [3.05, 3.63) is 63.7 Å². The summed E-state index contributed by atoms with van der Waals surface area (Å²) >= 11 is 0. The van der Waals surface area contributed by atoms with E-state index >= 15 is 0 Å². The molecule has 0 saturated heterocycles. The van der Waals surface area contributed by atoms with Crippen molar-refractivity contribution in [3.8, 4) is 5.75 Å². The van der Waals surface area contributed by atoms with E-state index in [4.69, 9.17) is 4.74 Å². The fourth-order valence-electron chi connectivity index (χ4n) is 2.00. The Labute approximate surface area is 134 Å². The van der Waals surface area contributed by atoms with Crippen molar-refractivity contribution >= 4 is 17.5 Å². The third-order valence-corrected chi connectivity index (χ3v) is 3.41. The van der Waals surface area contributed by atoms with Crippen molar-refractivity contribution in [3.63, 3.8) is 0 Å². The molecule has 0 saturated carbocycles. The predicted octanol–water partition coefficient (Wildman–Crippen LogP) is 4.64. The van der Waals surface area contributed by atoms with Gasteiger partial charge in [0.2, 0.25) is 0 Å². The van der Waals surface area contributed by atoms with Gasteiger partial charge < -0.3 is 4.74 Å². The molecule has 0 aliphatic rings. The Hall–Kier alpha value is -2.89. The minimum Gasteiger partial charge on any atom is -0.410 e. The van der Waals surface area contributed by atoms with E-state index in [9.17, 15) is 14.9 Å². The molecular formula is C17H18N2O4. The Balaban J connectivity index is 2.07. The summed E-state index contributed by atoms with van der Waals surface area (Å²) in [7, 11) is 0. The Morgan fingerprint density at radius 2 is 1.83 bits per heavy atom. The fourth-order valence-corrected chi connectivity index (χ4v) is 2.00. The molecule has 0 bridgehead atoms. The molecule has 2 aromatic rings. The van der Waals surface area contributed by atoms with Gasteiger partial charge in [0.15, 0.2) is 0 Å². The summed E-state index contributed by atoms with van der Waals surface area (Å²) in [6, 6.07) is 11.3. The molecule has 0 aliphatic heterocycles. The van der Waals surface area contributed by atoms with Crippen molar-refractivity contribution in [2.75, 3.05) is 5.32 Å². The van der Waals surface area contributed by atoms with Gasteiger partial charge in [-0.3, -0.25) is 15.4 Å². The van der Waals surface area contributed by atoms with E-state index in [0.717, 1.165) is 11.1 Å². The largest absolute Gasteiger partial charge is 0.417 e. The molecule has 0 aliphatic carbocycles. The number of non-ortho nitro benzene ring substituents is 1. The average Bonchev–Trinajstić information content (AvgIpc) is 2.49. The molecule has 1 N–H and O–H groups in total. The maximum Gasteiger partial charge on any atom is 0.417 e. The molecule has 0 atom stereocenters. The van der Waals surface area contributed by atoms with Crippen LogP contribution in [0.25, 0.3) is 0 Å². The number of hydrogen-bond acceptors (Lipinski definition) is 4. The van der Waals surface area contributed by atoms with Crippen LogP contribution in [0.4, 0.5) is 16.2 Å². The molecule has 0 spiro atoms. The van der Waals surface area contributed by atoms with E-state index < -0.39 is 11.0 Å². The zero-order valence-corrected chi connectivity index (χ0v) is 13.2. The number of carbonyl (C=O) groups is 1. The number of anilines is 1. The minimum atomic E-state index is -0.636. The highest BCUT2D eigenvalue weighted by Gasteiger charge is 2.11. The lowest BCUT2D eigenvalue weighted by Gasteiger charge is -2.12. The molecule has 6 heteroatoms. The lowest BCUT2D eigenvalue weighted by Crippen LogP contribution is -2.17. The van der Waals surface area contributed by atoms with E-state index in [0.29, 0.717) is 17.4 Å². The first-order valence-electron chi connectivity index (χ1n) is 7.20. The second-order valence-electron chi connectivity index (χ2n) is 5.50. The third-order valence-electron chi connectivity index (χ3n) is 3.41. The molecule has 0 aromatic heterocycles. The summed E-state index contributed by atoms with van der Waals surface area (Å²) < 4.78 is 5.33. The van der Waals surface area contributed by atoms with Gasteiger partial charge in [-0.25, -0.2) is 4.79 Å². The lowest BCUT2D eigenvalue weighted by atomic mass is 10.0. The number of aryl methyl sites for hydroxylation is 1. The van der Waals surface area contributed by atoms with Gasteiger partial charge in [-0.05, 0) is 42.2 Å². The monoisotopic (exact) mass is 314 g/mol. The highest BCUT2D eigenvalue weighted by molar-refractivity contribution is 5.86. The van der Waals surface area contributed by atoms with Crippen molar-refractivity contribution in [2.45, 2.75) is 26.7 Å². The van der Waals surface area contributed by atoms with Crippen LogP contribution in [0.2, 0.25) is 0 Å². The number of rotatable bonds is 4. The number of carbonyl (C=O) groups excluding carboxylic acids is 1. The van der Waals surface area contributed by atoms with Gasteiger partial charge in [0.1, 0.15) is 5.75 Å². The maximum atomic E-state index is 12.0. The molecular weight excluding hydrogens is 296 g/mol. The van der Waals surface area contributed by atoms with Crippen LogP contribution in [0.5, 0.6) is 5.75 Å². The number of nitrogens with zero attached hydrogens (tertiary/aromatic N) is 1. The third kappa shape index (κ3) is 4.29. The molecule has 0 unspecified atom stereocenters. The van der Waals surface area contributed by atoms with Gasteiger partial charge in [0.05, 0.1) is 4.92 Å². The highest BCUT2D eigenvalue weighted by Crippen LogP contribution is 2.25. The quantitative estimate of drug-likeness (QED) is 0.658. The van der Waals surface area contributed by atoms with E-state index in [1.165, 1.54) is 24.3 Å². The zero-order chi connectivity index (χ0) is 17.0. The minimum absolute atomic E-state index is 0.0376. The second kappa shape index (κ2) is 6.91. The first kappa shape index (κ1) is 16.5. The van der Waals surface area contributed by atoms with Crippen molar-refractivity contribution in [1.29, 1.82) is 0 Å². The molecule has 23 heavy (non-hydrogen) atoms. The van der Waals surface area contributed by atoms with Gasteiger partial charge >= 0.3 is 6.09 Å². The summed E-state index contributed by atoms with van der Waals surface area (Å²) in [5.41, 5.74) is 2.32. The molecule has 120 valence electrons. The predicted molar refractivity (Wildman–Crippen MR) is 88.0 cm³/mol. The van der Waals surface area contributed by atoms with E-state index in [2.05, 4.69) is 19.2 Å². The maximum absolute atomic E-state index is 12.0. The molecule has 1 amide bonds. The smallest absolute Gasteiger partial charge is 0.410 e. The summed E-state index contributed by atoms with van der Waals surface area (Å²) in [6.07, 6.45) is -0.636. The van der Waals surface area contributed by atoms with Crippen molar-refractivity contribution in [1.82, 2.24) is 0 Å². The number of nitro groups is 1. The van der Waals surface area contributed by atoms with Crippen LogP contribution in [0.1, 0.15) is 30.9 Å². The van der Waals surface area contributed by atoms with Crippen LogP contribution >= 0.6 is 0 Å². The van der Waals surface area contributed by atoms with Crippen LogP contribution in [0.15, 0.2) is 42.5 Å². The number of nitrogens with one attached hydrogen (secondary N) is 1. The molecule has 2 aromatic carbocycles. The fraction of sp³-hybridized carbons (Fsp3) is 0.235. The molecule has 0 heterocycles. The highest BCUT2D eigenvalue weighted by atomic mass is 16.6. The molecule has 2 rings (SSSR count). The van der Waals surface area contributed by atoms with Crippen molar-refractivity contribution < 1.29 is 14.5 Å². The number of nitro benzene ring substituents is 1. The van der Waals surface area contributed by atoms with E-state index in [1.54, 1.807) is 0 Å². The second-order valence-corrected chi connectivity index (χ2v) is 5.50. The zero-order valence-electron chi connectivity index (χ0n) is 13.2. The molecule has 0 fully saturated rings. The van der Waals surface area contributed by atoms with Gasteiger partial charge in [0.25, 0.3) is 5.69 Å². The van der Waals surface area contributed by atoms with Crippen LogP contribution in [-0.4, -0.2) is 11.0 Å². The first-order valence-corrected chi connectivity index (χ1v) is 7.20. The number of ether oxygens (including phenoxy) is 1. The summed E-state index contributed by atoms with van der Waals surface area (Å²) in [4.78, 5) is 22.1. The van der Waals surface area contributed by atoms with Crippen LogP contribution in [0, 0.1) is 17.0 Å². The van der Waals surface area contributed by atoms with Gasteiger partial charge in [-0.2, -0.15) is 0 Å². The normalized spacial score (nSPS) is 10.4.